The van der Waals surface area contributed by atoms with Crippen molar-refractivity contribution in [3.63, 3.8) is 0 Å². The first kappa shape index (κ1) is 21.9. The summed E-state index contributed by atoms with van der Waals surface area (Å²) < 4.78 is 0. The molecule has 2 heterocycles. The number of benzene rings is 2. The average Bonchev–Trinajstić information content (AvgIpc) is 3.38. The van der Waals surface area contributed by atoms with Gasteiger partial charge in [0.25, 0.3) is 5.91 Å². The van der Waals surface area contributed by atoms with Crippen LogP contribution in [0.2, 0.25) is 0 Å². The van der Waals surface area contributed by atoms with E-state index in [2.05, 4.69) is 16.3 Å². The number of hydrogen-bond acceptors (Lipinski definition) is 4. The molecule has 0 saturated carbocycles. The lowest BCUT2D eigenvalue weighted by Crippen LogP contribution is -2.43. The van der Waals surface area contributed by atoms with E-state index < -0.39 is 17.5 Å². The quantitative estimate of drug-likeness (QED) is 0.710. The predicted molar refractivity (Wildman–Crippen MR) is 123 cm³/mol. The van der Waals surface area contributed by atoms with Gasteiger partial charge in [0.05, 0.1) is 0 Å². The molecule has 2 saturated heterocycles. The molecule has 1 atom stereocenters. The third-order valence-electron chi connectivity index (χ3n) is 6.47. The number of hydrogen-bond donors (Lipinski definition) is 1. The highest BCUT2D eigenvalue weighted by Gasteiger charge is 2.49. The van der Waals surface area contributed by atoms with Crippen molar-refractivity contribution in [2.75, 3.05) is 31.6 Å². The number of para-hydroxylation sites is 1. The minimum Gasteiger partial charge on any atom is -0.371 e. The van der Waals surface area contributed by atoms with Gasteiger partial charge in [0, 0.05) is 32.4 Å². The average molecular weight is 435 g/mol. The standard InChI is InChI=1S/C25H30N4O3/c1-18-10-12-20(13-11-18)25(2)23(31)29(24(32)26-25)17-22(30)27(3)16-19-8-4-5-9-21(19)28-14-6-7-15-28/h4-5,8-13H,6-7,14-17H2,1-3H3,(H,26,32). The number of nitrogens with one attached hydrogen (secondary N) is 1. The zero-order valence-corrected chi connectivity index (χ0v) is 18.9. The number of amides is 4. The van der Waals surface area contributed by atoms with Gasteiger partial charge in [0.1, 0.15) is 12.1 Å². The smallest absolute Gasteiger partial charge is 0.325 e. The van der Waals surface area contributed by atoms with Gasteiger partial charge in [-0.05, 0) is 43.9 Å². The summed E-state index contributed by atoms with van der Waals surface area (Å²) in [6, 6.07) is 15.0. The van der Waals surface area contributed by atoms with Gasteiger partial charge in [-0.15, -0.1) is 0 Å². The second-order valence-corrected chi connectivity index (χ2v) is 8.89. The van der Waals surface area contributed by atoms with Crippen LogP contribution in [-0.2, 0) is 21.7 Å². The molecule has 0 bridgehead atoms. The van der Waals surface area contributed by atoms with E-state index in [1.165, 1.54) is 12.8 Å². The summed E-state index contributed by atoms with van der Waals surface area (Å²) in [4.78, 5) is 43.6. The largest absolute Gasteiger partial charge is 0.371 e. The lowest BCUT2D eigenvalue weighted by molar-refractivity contribution is -0.138. The SMILES string of the molecule is Cc1ccc(C2(C)NC(=O)N(CC(=O)N(C)Cc3ccccc3N3CCCC3)C2=O)cc1. The molecule has 0 aliphatic carbocycles. The number of anilines is 1. The van der Waals surface area contributed by atoms with Gasteiger partial charge in [-0.25, -0.2) is 4.79 Å². The van der Waals surface area contributed by atoms with E-state index in [1.54, 1.807) is 18.9 Å². The van der Waals surface area contributed by atoms with Crippen LogP contribution in [0.15, 0.2) is 48.5 Å². The third-order valence-corrected chi connectivity index (χ3v) is 6.47. The maximum absolute atomic E-state index is 13.1. The van der Waals surface area contributed by atoms with E-state index in [1.807, 2.05) is 49.4 Å². The summed E-state index contributed by atoms with van der Waals surface area (Å²) in [7, 11) is 1.71. The van der Waals surface area contributed by atoms with Crippen molar-refractivity contribution in [3.05, 3.63) is 65.2 Å². The Hall–Kier alpha value is -3.35. The van der Waals surface area contributed by atoms with Gasteiger partial charge in [0.2, 0.25) is 5.91 Å². The molecule has 0 aromatic heterocycles. The van der Waals surface area contributed by atoms with E-state index in [4.69, 9.17) is 0 Å². The Kier molecular flexibility index (Phi) is 5.91. The Bertz CT molecular complexity index is 1030. The van der Waals surface area contributed by atoms with Crippen molar-refractivity contribution in [1.29, 1.82) is 0 Å². The number of carbonyl (C=O) groups excluding carboxylic acids is 3. The van der Waals surface area contributed by atoms with Crippen LogP contribution >= 0.6 is 0 Å². The number of carbonyl (C=O) groups is 3. The Morgan fingerprint density at radius 1 is 1.06 bits per heavy atom. The van der Waals surface area contributed by atoms with Crippen molar-refractivity contribution in [2.24, 2.45) is 0 Å². The van der Waals surface area contributed by atoms with Crippen LogP contribution in [0.3, 0.4) is 0 Å². The molecule has 7 heteroatoms. The fourth-order valence-electron chi connectivity index (χ4n) is 4.43. The maximum Gasteiger partial charge on any atom is 0.325 e. The first-order chi connectivity index (χ1) is 15.3. The number of likely N-dealkylation sites (N-methyl/N-ethyl adjacent to an activating group) is 1. The van der Waals surface area contributed by atoms with E-state index in [-0.39, 0.29) is 12.5 Å². The normalized spacial score (nSPS) is 20.6. The van der Waals surface area contributed by atoms with E-state index >= 15 is 0 Å². The van der Waals surface area contributed by atoms with Crippen molar-refractivity contribution >= 4 is 23.5 Å². The summed E-state index contributed by atoms with van der Waals surface area (Å²) in [5.41, 5.74) is 2.80. The number of aryl methyl sites for hydroxylation is 1. The van der Waals surface area contributed by atoms with Crippen LogP contribution in [0.25, 0.3) is 0 Å². The number of urea groups is 1. The summed E-state index contributed by atoms with van der Waals surface area (Å²) in [6.07, 6.45) is 2.35. The highest BCUT2D eigenvalue weighted by Crippen LogP contribution is 2.29. The van der Waals surface area contributed by atoms with Crippen molar-refractivity contribution in [1.82, 2.24) is 15.1 Å². The molecule has 1 N–H and O–H groups in total. The summed E-state index contributed by atoms with van der Waals surface area (Å²) in [5, 5.41) is 2.77. The molecule has 4 amide bonds. The van der Waals surface area contributed by atoms with Crippen LogP contribution in [0.1, 0.15) is 36.5 Å². The molecule has 2 aromatic rings. The molecule has 4 rings (SSSR count). The molecule has 7 nitrogen and oxygen atoms in total. The molecule has 0 radical (unpaired) electrons. The van der Waals surface area contributed by atoms with Gasteiger partial charge in [-0.1, -0.05) is 48.0 Å². The first-order valence-corrected chi connectivity index (χ1v) is 11.1. The highest BCUT2D eigenvalue weighted by molar-refractivity contribution is 6.09. The first-order valence-electron chi connectivity index (χ1n) is 11.1. The fourth-order valence-corrected chi connectivity index (χ4v) is 4.43. The van der Waals surface area contributed by atoms with Crippen LogP contribution in [-0.4, -0.2) is 54.3 Å². The van der Waals surface area contributed by atoms with Gasteiger partial charge >= 0.3 is 6.03 Å². The second-order valence-electron chi connectivity index (χ2n) is 8.89. The van der Waals surface area contributed by atoms with Crippen molar-refractivity contribution in [2.45, 2.75) is 38.8 Å². The van der Waals surface area contributed by atoms with Crippen LogP contribution < -0.4 is 10.2 Å². The maximum atomic E-state index is 13.1. The summed E-state index contributed by atoms with van der Waals surface area (Å²) in [6.45, 7) is 5.82. The Labute approximate surface area is 189 Å². The molecule has 2 fully saturated rings. The van der Waals surface area contributed by atoms with E-state index in [9.17, 15) is 14.4 Å². The molecule has 2 aliphatic rings. The van der Waals surface area contributed by atoms with Gasteiger partial charge in [-0.2, -0.15) is 0 Å². The topological polar surface area (TPSA) is 73.0 Å². The number of imide groups is 1. The number of nitrogens with zero attached hydrogens (tertiary/aromatic N) is 3. The summed E-state index contributed by atoms with van der Waals surface area (Å²) >= 11 is 0. The third kappa shape index (κ3) is 4.07. The molecule has 2 aromatic carbocycles. The van der Waals surface area contributed by atoms with Crippen molar-refractivity contribution in [3.8, 4) is 0 Å². The van der Waals surface area contributed by atoms with E-state index in [0.29, 0.717) is 12.1 Å². The van der Waals surface area contributed by atoms with Gasteiger partial charge < -0.3 is 15.1 Å². The molecular weight excluding hydrogens is 404 g/mol. The minimum atomic E-state index is -1.17. The molecular formula is C25H30N4O3. The molecule has 32 heavy (non-hydrogen) atoms. The van der Waals surface area contributed by atoms with Crippen LogP contribution in [0.5, 0.6) is 0 Å². The minimum absolute atomic E-state index is 0.280. The highest BCUT2D eigenvalue weighted by atomic mass is 16.2. The Balaban J connectivity index is 1.45. The Morgan fingerprint density at radius 3 is 2.41 bits per heavy atom. The second kappa shape index (κ2) is 8.65. The number of rotatable bonds is 6. The lowest BCUT2D eigenvalue weighted by Gasteiger charge is -2.26. The van der Waals surface area contributed by atoms with Gasteiger partial charge in [-0.3, -0.25) is 14.5 Å². The summed E-state index contributed by atoms with van der Waals surface area (Å²) in [5.74, 6) is -0.691. The van der Waals surface area contributed by atoms with Crippen LogP contribution in [0.4, 0.5) is 10.5 Å². The lowest BCUT2D eigenvalue weighted by atomic mass is 9.91. The monoisotopic (exact) mass is 434 g/mol. The Morgan fingerprint density at radius 2 is 1.72 bits per heavy atom. The predicted octanol–water partition coefficient (Wildman–Crippen LogP) is 3.02. The van der Waals surface area contributed by atoms with Crippen LogP contribution in [0, 0.1) is 6.92 Å². The molecule has 2 aliphatic heterocycles. The molecule has 1 unspecified atom stereocenters. The molecule has 0 spiro atoms. The zero-order valence-electron chi connectivity index (χ0n) is 18.9. The van der Waals surface area contributed by atoms with Crippen molar-refractivity contribution < 1.29 is 14.4 Å². The fraction of sp³-hybridized carbons (Fsp3) is 0.400. The van der Waals surface area contributed by atoms with E-state index in [0.717, 1.165) is 34.8 Å². The van der Waals surface area contributed by atoms with Gasteiger partial charge in [0.15, 0.2) is 0 Å². The zero-order chi connectivity index (χ0) is 22.9. The molecule has 168 valence electrons.